The zero-order valence-corrected chi connectivity index (χ0v) is 18.9. The minimum Gasteiger partial charge on any atom is -0.393 e. The van der Waals surface area contributed by atoms with Crippen molar-refractivity contribution in [1.29, 1.82) is 0 Å². The van der Waals surface area contributed by atoms with Crippen molar-refractivity contribution in [2.24, 2.45) is 45.3 Å². The molecule has 6 unspecified atom stereocenters. The largest absolute Gasteiger partial charge is 0.393 e. The van der Waals surface area contributed by atoms with Crippen LogP contribution in [-0.2, 0) is 4.74 Å². The van der Waals surface area contributed by atoms with Crippen molar-refractivity contribution in [3.05, 3.63) is 12.2 Å². The third kappa shape index (κ3) is 2.45. The van der Waals surface area contributed by atoms with E-state index in [-0.39, 0.29) is 33.9 Å². The van der Waals surface area contributed by atoms with E-state index in [0.29, 0.717) is 23.7 Å². The summed E-state index contributed by atoms with van der Waals surface area (Å²) in [6.45, 7) is 12.8. The van der Waals surface area contributed by atoms with Crippen LogP contribution >= 0.6 is 0 Å². The molecule has 0 aromatic rings. The first-order valence-corrected chi connectivity index (χ1v) is 11.6. The molecule has 0 aliphatic heterocycles. The molecule has 0 saturated heterocycles. The van der Waals surface area contributed by atoms with E-state index in [9.17, 15) is 10.2 Å². The van der Waals surface area contributed by atoms with Gasteiger partial charge in [-0.2, -0.15) is 0 Å². The Kier molecular flexibility index (Phi) is 4.89. The summed E-state index contributed by atoms with van der Waals surface area (Å²) in [5, 5.41) is 21.2. The van der Waals surface area contributed by atoms with Gasteiger partial charge in [0.25, 0.3) is 0 Å². The van der Waals surface area contributed by atoms with Gasteiger partial charge in [-0.3, -0.25) is 0 Å². The van der Waals surface area contributed by atoms with Gasteiger partial charge in [0.2, 0.25) is 0 Å². The standard InChI is InChI=1S/C25H42O3/c1-7-25(15-28-6)20-18-14-17(26)10-11-23(18,4)24(5,21(20)25)13-12-22(3)16(2)8-9-19(22)27/h10-11,16-21,26-27H,7-9,12-15H2,1-6H3/t16-,17?,18?,19?,20?,21?,22+,23+,24-,25?/m1/s1. The maximum Gasteiger partial charge on any atom is 0.0724 e. The molecule has 3 saturated carbocycles. The molecule has 2 N–H and O–H groups in total. The van der Waals surface area contributed by atoms with Gasteiger partial charge in [0.05, 0.1) is 18.8 Å². The Morgan fingerprint density at radius 1 is 1.11 bits per heavy atom. The van der Waals surface area contributed by atoms with Crippen molar-refractivity contribution in [2.45, 2.75) is 85.4 Å². The van der Waals surface area contributed by atoms with E-state index >= 15 is 0 Å². The van der Waals surface area contributed by atoms with Crippen molar-refractivity contribution < 1.29 is 14.9 Å². The Labute approximate surface area is 171 Å². The van der Waals surface area contributed by atoms with Crippen molar-refractivity contribution in [3.63, 3.8) is 0 Å². The van der Waals surface area contributed by atoms with Crippen molar-refractivity contribution >= 4 is 0 Å². The highest BCUT2D eigenvalue weighted by Gasteiger charge is 2.81. The summed E-state index contributed by atoms with van der Waals surface area (Å²) in [6, 6.07) is 0. The fraction of sp³-hybridized carbons (Fsp3) is 0.920. The number of allylic oxidation sites excluding steroid dienone is 1. The summed E-state index contributed by atoms with van der Waals surface area (Å²) in [5.41, 5.74) is 0.644. The van der Waals surface area contributed by atoms with Gasteiger partial charge >= 0.3 is 0 Å². The fourth-order valence-corrected chi connectivity index (χ4v) is 8.45. The highest BCUT2D eigenvalue weighted by Crippen LogP contribution is 2.84. The number of hydrogen-bond acceptors (Lipinski definition) is 3. The molecule has 4 rings (SSSR count). The van der Waals surface area contributed by atoms with Crippen LogP contribution in [0.5, 0.6) is 0 Å². The molecule has 3 heteroatoms. The van der Waals surface area contributed by atoms with E-state index < -0.39 is 0 Å². The topological polar surface area (TPSA) is 49.7 Å². The third-order valence-corrected chi connectivity index (χ3v) is 10.8. The van der Waals surface area contributed by atoms with Gasteiger partial charge in [0, 0.05) is 12.5 Å². The first-order valence-electron chi connectivity index (χ1n) is 11.6. The summed E-state index contributed by atoms with van der Waals surface area (Å²) in [7, 11) is 1.84. The second-order valence-corrected chi connectivity index (χ2v) is 11.5. The van der Waals surface area contributed by atoms with Crippen LogP contribution in [-0.4, -0.2) is 36.1 Å². The molecule has 0 spiro atoms. The Balaban J connectivity index is 1.67. The molecule has 160 valence electrons. The van der Waals surface area contributed by atoms with Crippen LogP contribution in [0.25, 0.3) is 0 Å². The van der Waals surface area contributed by atoms with Crippen LogP contribution in [0.3, 0.4) is 0 Å². The predicted octanol–water partition coefficient (Wildman–Crippen LogP) is 4.82. The summed E-state index contributed by atoms with van der Waals surface area (Å²) in [4.78, 5) is 0. The van der Waals surface area contributed by atoms with Gasteiger partial charge in [-0.1, -0.05) is 46.8 Å². The quantitative estimate of drug-likeness (QED) is 0.640. The number of rotatable bonds is 6. The van der Waals surface area contributed by atoms with Crippen LogP contribution < -0.4 is 0 Å². The summed E-state index contributed by atoms with van der Waals surface area (Å²) in [6.07, 6.45) is 10.4. The molecule has 3 nitrogen and oxygen atoms in total. The lowest BCUT2D eigenvalue weighted by Crippen LogP contribution is -2.47. The molecule has 0 aromatic carbocycles. The number of methoxy groups -OCH3 is 1. The number of aliphatic hydroxyl groups excluding tert-OH is 2. The average molecular weight is 391 g/mol. The Morgan fingerprint density at radius 3 is 2.39 bits per heavy atom. The van der Waals surface area contributed by atoms with E-state index in [1.807, 2.05) is 7.11 Å². The van der Waals surface area contributed by atoms with E-state index in [4.69, 9.17) is 4.74 Å². The number of aliphatic hydroxyl groups is 2. The maximum absolute atomic E-state index is 10.8. The summed E-state index contributed by atoms with van der Waals surface area (Å²) >= 11 is 0. The van der Waals surface area contributed by atoms with E-state index in [1.54, 1.807) is 0 Å². The van der Waals surface area contributed by atoms with Crippen LogP contribution in [0.2, 0.25) is 0 Å². The molecular formula is C25H42O3. The van der Waals surface area contributed by atoms with Crippen molar-refractivity contribution in [2.75, 3.05) is 13.7 Å². The molecule has 4 aliphatic rings. The predicted molar refractivity (Wildman–Crippen MR) is 113 cm³/mol. The Bertz CT molecular complexity index is 634. The normalized spacial score (nSPS) is 57.3. The first-order chi connectivity index (χ1) is 13.1. The van der Waals surface area contributed by atoms with Crippen LogP contribution in [0.4, 0.5) is 0 Å². The summed E-state index contributed by atoms with van der Waals surface area (Å²) < 4.78 is 5.74. The SMILES string of the molecule is CCC1(COC)C2C3CC(O)C=C[C@]3(C)[C@](C)(CC[C@]3(C)C(O)CC[C@H]3C)C21. The van der Waals surface area contributed by atoms with Gasteiger partial charge in [0.15, 0.2) is 0 Å². The van der Waals surface area contributed by atoms with Crippen LogP contribution in [0.15, 0.2) is 12.2 Å². The third-order valence-electron chi connectivity index (χ3n) is 10.8. The highest BCUT2D eigenvalue weighted by molar-refractivity contribution is 5.33. The molecule has 0 radical (unpaired) electrons. The first kappa shape index (κ1) is 20.9. The van der Waals surface area contributed by atoms with Crippen molar-refractivity contribution in [3.8, 4) is 0 Å². The van der Waals surface area contributed by atoms with Crippen LogP contribution in [0, 0.1) is 45.3 Å². The van der Waals surface area contributed by atoms with Gasteiger partial charge in [-0.05, 0) is 78.4 Å². The zero-order chi connectivity index (χ0) is 20.5. The second kappa shape index (κ2) is 6.56. The molecule has 3 fully saturated rings. The Hall–Kier alpha value is -0.380. The molecule has 0 heterocycles. The summed E-state index contributed by atoms with van der Waals surface area (Å²) in [5.74, 6) is 2.44. The number of fused-ring (bicyclic) bond motifs is 3. The van der Waals surface area contributed by atoms with E-state index in [2.05, 4.69) is 46.8 Å². The van der Waals surface area contributed by atoms with E-state index in [0.717, 1.165) is 45.1 Å². The second-order valence-electron chi connectivity index (χ2n) is 11.5. The van der Waals surface area contributed by atoms with Crippen molar-refractivity contribution in [1.82, 2.24) is 0 Å². The molecule has 0 aromatic heterocycles. The molecule has 0 bridgehead atoms. The van der Waals surface area contributed by atoms with Gasteiger partial charge in [-0.15, -0.1) is 0 Å². The van der Waals surface area contributed by atoms with Gasteiger partial charge in [-0.25, -0.2) is 0 Å². The molecule has 10 atom stereocenters. The van der Waals surface area contributed by atoms with Gasteiger partial charge in [0.1, 0.15) is 0 Å². The maximum atomic E-state index is 10.8. The lowest BCUT2D eigenvalue weighted by atomic mass is 9.53. The molecular weight excluding hydrogens is 348 g/mol. The molecule has 0 amide bonds. The minimum atomic E-state index is -0.298. The molecule has 4 aliphatic carbocycles. The highest BCUT2D eigenvalue weighted by atomic mass is 16.5. The number of hydrogen-bond donors (Lipinski definition) is 2. The lowest BCUT2D eigenvalue weighted by molar-refractivity contribution is -0.0350. The smallest absolute Gasteiger partial charge is 0.0724 e. The minimum absolute atomic E-state index is 0.0376. The number of ether oxygens (including phenoxy) is 1. The average Bonchev–Trinajstić information content (AvgIpc) is 3.19. The Morgan fingerprint density at radius 2 is 1.82 bits per heavy atom. The zero-order valence-electron chi connectivity index (χ0n) is 18.9. The van der Waals surface area contributed by atoms with Crippen LogP contribution in [0.1, 0.15) is 73.1 Å². The molecule has 28 heavy (non-hydrogen) atoms. The lowest BCUT2D eigenvalue weighted by Gasteiger charge is -2.52. The monoisotopic (exact) mass is 390 g/mol. The van der Waals surface area contributed by atoms with E-state index in [1.165, 1.54) is 0 Å². The van der Waals surface area contributed by atoms with Gasteiger partial charge < -0.3 is 14.9 Å². The fourth-order valence-electron chi connectivity index (χ4n) is 8.45.